The van der Waals surface area contributed by atoms with Gasteiger partial charge in [0.25, 0.3) is 0 Å². The molecule has 1 aliphatic rings. The Bertz CT molecular complexity index is 113. The minimum Gasteiger partial charge on any atom is -0.481 e. The molecule has 0 amide bonds. The van der Waals surface area contributed by atoms with Gasteiger partial charge in [-0.15, -0.1) is 0 Å². The highest BCUT2D eigenvalue weighted by atomic mass is 16.4. The summed E-state index contributed by atoms with van der Waals surface area (Å²) in [5, 5.41) is 8.32. The van der Waals surface area contributed by atoms with Crippen LogP contribution in [0.3, 0.4) is 0 Å². The van der Waals surface area contributed by atoms with Gasteiger partial charge in [-0.1, -0.05) is 0 Å². The topological polar surface area (TPSA) is 63.3 Å². The van der Waals surface area contributed by atoms with E-state index in [9.17, 15) is 4.79 Å². The molecule has 2 atom stereocenters. The lowest BCUT2D eigenvalue weighted by Gasteiger charge is -2.29. The average Bonchev–Trinajstić information content (AvgIpc) is 1.61. The number of carbonyl (C=O) groups is 1. The summed E-state index contributed by atoms with van der Waals surface area (Å²) in [6, 6.07) is -0.0764. The van der Waals surface area contributed by atoms with Crippen LogP contribution in [0.5, 0.6) is 0 Å². The molecule has 0 heterocycles. The maximum Gasteiger partial charge on any atom is 0.308 e. The van der Waals surface area contributed by atoms with Gasteiger partial charge in [-0.05, 0) is 12.8 Å². The van der Waals surface area contributed by atoms with Gasteiger partial charge in [-0.25, -0.2) is 0 Å². The molecule has 1 aliphatic carbocycles. The lowest BCUT2D eigenvalue weighted by molar-refractivity contribution is -0.145. The molecule has 0 bridgehead atoms. The largest absolute Gasteiger partial charge is 0.481 e. The van der Waals surface area contributed by atoms with Crippen molar-refractivity contribution in [3.63, 3.8) is 0 Å². The van der Waals surface area contributed by atoms with E-state index in [1.807, 2.05) is 0 Å². The first-order valence-corrected chi connectivity index (χ1v) is 2.70. The van der Waals surface area contributed by atoms with Crippen LogP contribution in [0.15, 0.2) is 0 Å². The number of aliphatic carboxylic acids is 1. The lowest BCUT2D eigenvalue weighted by Crippen LogP contribution is -2.43. The number of nitrogens with two attached hydrogens (primary N) is 1. The van der Waals surface area contributed by atoms with Gasteiger partial charge in [-0.3, -0.25) is 4.79 Å². The predicted molar refractivity (Wildman–Crippen MR) is 28.3 cm³/mol. The van der Waals surface area contributed by atoms with E-state index in [0.717, 1.165) is 12.8 Å². The van der Waals surface area contributed by atoms with Gasteiger partial charge in [0, 0.05) is 6.04 Å². The smallest absolute Gasteiger partial charge is 0.308 e. The quantitative estimate of drug-likeness (QED) is 0.497. The molecule has 0 spiro atoms. The van der Waals surface area contributed by atoms with Crippen molar-refractivity contribution in [2.45, 2.75) is 18.9 Å². The Morgan fingerprint density at radius 3 is 2.25 bits per heavy atom. The highest BCUT2D eigenvalue weighted by Crippen LogP contribution is 2.24. The monoisotopic (exact) mass is 115 g/mol. The van der Waals surface area contributed by atoms with Gasteiger partial charge in [0.15, 0.2) is 0 Å². The fourth-order valence-electron chi connectivity index (χ4n) is 0.832. The Kier molecular flexibility index (Phi) is 1.21. The summed E-state index contributed by atoms with van der Waals surface area (Å²) in [4.78, 5) is 10.1. The number of hydrogen-bond acceptors (Lipinski definition) is 2. The zero-order valence-electron chi connectivity index (χ0n) is 4.50. The molecule has 3 heteroatoms. The van der Waals surface area contributed by atoms with Crippen LogP contribution in [0.2, 0.25) is 0 Å². The van der Waals surface area contributed by atoms with Crippen LogP contribution in [-0.4, -0.2) is 17.1 Å². The van der Waals surface area contributed by atoms with Gasteiger partial charge in [-0.2, -0.15) is 0 Å². The Hall–Kier alpha value is -0.570. The molecule has 0 unspecified atom stereocenters. The molecule has 1 rings (SSSR count). The van der Waals surface area contributed by atoms with Crippen molar-refractivity contribution < 1.29 is 9.90 Å². The van der Waals surface area contributed by atoms with Crippen LogP contribution in [0.1, 0.15) is 12.8 Å². The Morgan fingerprint density at radius 1 is 1.62 bits per heavy atom. The predicted octanol–water partition coefficient (Wildman–Crippen LogP) is -0.192. The van der Waals surface area contributed by atoms with E-state index < -0.39 is 5.97 Å². The maximum absolute atomic E-state index is 10.1. The summed E-state index contributed by atoms with van der Waals surface area (Å²) in [7, 11) is 0. The first-order valence-electron chi connectivity index (χ1n) is 2.70. The van der Waals surface area contributed by atoms with E-state index >= 15 is 0 Å². The van der Waals surface area contributed by atoms with Gasteiger partial charge in [0.2, 0.25) is 0 Å². The van der Waals surface area contributed by atoms with E-state index in [1.54, 1.807) is 0 Å². The summed E-state index contributed by atoms with van der Waals surface area (Å²) in [5.41, 5.74) is 5.34. The minimum atomic E-state index is -0.747. The van der Waals surface area contributed by atoms with Crippen LogP contribution in [0, 0.1) is 5.92 Å². The molecule has 3 nitrogen and oxygen atoms in total. The van der Waals surface area contributed by atoms with Crippen LogP contribution in [-0.2, 0) is 4.79 Å². The molecule has 0 aliphatic heterocycles. The lowest BCUT2D eigenvalue weighted by atomic mass is 9.80. The van der Waals surface area contributed by atoms with Crippen molar-refractivity contribution in [1.82, 2.24) is 0 Å². The van der Waals surface area contributed by atoms with Gasteiger partial charge >= 0.3 is 5.97 Å². The molecule has 3 N–H and O–H groups in total. The second-order valence-corrected chi connectivity index (χ2v) is 2.19. The highest BCUT2D eigenvalue weighted by Gasteiger charge is 2.33. The number of carboxylic acid groups (broad SMARTS) is 1. The molecular weight excluding hydrogens is 106 g/mol. The first-order chi connectivity index (χ1) is 3.72. The standard InChI is InChI=1S/C5H9NO2/c6-4-2-1-3(4)5(7)8/h3-4H,1-2,6H2,(H,7,8)/t3-,4-/m1/s1. The molecule has 0 aromatic rings. The van der Waals surface area contributed by atoms with E-state index in [4.69, 9.17) is 10.8 Å². The fourth-order valence-corrected chi connectivity index (χ4v) is 0.832. The zero-order valence-corrected chi connectivity index (χ0v) is 4.50. The van der Waals surface area contributed by atoms with Gasteiger partial charge < -0.3 is 10.8 Å². The van der Waals surface area contributed by atoms with Crippen molar-refractivity contribution in [3.05, 3.63) is 0 Å². The van der Waals surface area contributed by atoms with Crippen molar-refractivity contribution in [2.24, 2.45) is 11.7 Å². The van der Waals surface area contributed by atoms with Crippen molar-refractivity contribution in [2.75, 3.05) is 0 Å². The SMILES string of the molecule is N[C@@H]1CC[C@H]1C(=O)O. The molecule has 1 fully saturated rings. The summed E-state index contributed by atoms with van der Waals surface area (Å²) >= 11 is 0. The van der Waals surface area contributed by atoms with E-state index in [2.05, 4.69) is 0 Å². The third-order valence-electron chi connectivity index (χ3n) is 1.65. The Labute approximate surface area is 47.5 Å². The van der Waals surface area contributed by atoms with Crippen LogP contribution < -0.4 is 5.73 Å². The van der Waals surface area contributed by atoms with E-state index in [0.29, 0.717) is 0 Å². The fraction of sp³-hybridized carbons (Fsp3) is 0.800. The Morgan fingerprint density at radius 2 is 2.25 bits per heavy atom. The van der Waals surface area contributed by atoms with Crippen molar-refractivity contribution >= 4 is 5.97 Å². The molecule has 0 aromatic heterocycles. The number of carboxylic acids is 1. The molecule has 0 aromatic carbocycles. The molecule has 46 valence electrons. The third kappa shape index (κ3) is 0.690. The molecule has 1 saturated carbocycles. The van der Waals surface area contributed by atoms with Crippen molar-refractivity contribution in [3.8, 4) is 0 Å². The normalized spacial score (nSPS) is 36.1. The zero-order chi connectivity index (χ0) is 6.15. The second kappa shape index (κ2) is 1.74. The van der Waals surface area contributed by atoms with Crippen LogP contribution in [0.4, 0.5) is 0 Å². The van der Waals surface area contributed by atoms with E-state index in [1.165, 1.54) is 0 Å². The molecule has 8 heavy (non-hydrogen) atoms. The maximum atomic E-state index is 10.1. The number of rotatable bonds is 1. The average molecular weight is 115 g/mol. The highest BCUT2D eigenvalue weighted by molar-refractivity contribution is 5.71. The second-order valence-electron chi connectivity index (χ2n) is 2.19. The summed E-state index contributed by atoms with van der Waals surface area (Å²) in [5.74, 6) is -1.00. The number of hydrogen-bond donors (Lipinski definition) is 2. The van der Waals surface area contributed by atoms with Gasteiger partial charge in [0.1, 0.15) is 0 Å². The Balaban J connectivity index is 2.37. The van der Waals surface area contributed by atoms with Crippen LogP contribution in [0.25, 0.3) is 0 Å². The van der Waals surface area contributed by atoms with Gasteiger partial charge in [0.05, 0.1) is 5.92 Å². The van der Waals surface area contributed by atoms with Crippen LogP contribution >= 0.6 is 0 Å². The summed E-state index contributed by atoms with van der Waals surface area (Å²) in [6.07, 6.45) is 1.63. The summed E-state index contributed by atoms with van der Waals surface area (Å²) < 4.78 is 0. The summed E-state index contributed by atoms with van der Waals surface area (Å²) in [6.45, 7) is 0. The van der Waals surface area contributed by atoms with Crippen molar-refractivity contribution in [1.29, 1.82) is 0 Å². The molecule has 0 saturated heterocycles. The molecular formula is C5H9NO2. The third-order valence-corrected chi connectivity index (χ3v) is 1.65. The first kappa shape index (κ1) is 5.56. The van der Waals surface area contributed by atoms with E-state index in [-0.39, 0.29) is 12.0 Å². The molecule has 0 radical (unpaired) electrons. The minimum absolute atomic E-state index is 0.0764.